The molecule has 0 fully saturated rings. The van der Waals surface area contributed by atoms with E-state index in [2.05, 4.69) is 10.2 Å². The van der Waals surface area contributed by atoms with Gasteiger partial charge in [0.05, 0.1) is 5.02 Å². The highest BCUT2D eigenvalue weighted by atomic mass is 35.5. The molecule has 0 spiro atoms. The quantitative estimate of drug-likeness (QED) is 0.434. The zero-order valence-corrected chi connectivity index (χ0v) is 6.09. The minimum Gasteiger partial charge on any atom is -0.268 e. The van der Waals surface area contributed by atoms with E-state index in [4.69, 9.17) is 11.6 Å². The van der Waals surface area contributed by atoms with Crippen molar-refractivity contribution < 1.29 is 0 Å². The summed E-state index contributed by atoms with van der Waals surface area (Å²) in [6.07, 6.45) is 1.48. The topological polar surface area (TPSA) is 42.3 Å². The van der Waals surface area contributed by atoms with Gasteiger partial charge in [0, 0.05) is 11.8 Å². The molecule has 0 bridgehead atoms. The first-order valence-corrected chi connectivity index (χ1v) is 3.07. The third kappa shape index (κ3) is 1.33. The average molecular weight is 154 g/mol. The lowest BCUT2D eigenvalue weighted by Crippen LogP contribution is -2.06. The van der Waals surface area contributed by atoms with E-state index < -0.39 is 0 Å². The van der Waals surface area contributed by atoms with E-state index in [1.807, 2.05) is 0 Å². The molecule has 50 valence electrons. The van der Waals surface area contributed by atoms with Gasteiger partial charge in [0.1, 0.15) is 5.69 Å². The van der Waals surface area contributed by atoms with Gasteiger partial charge in [-0.3, -0.25) is 4.98 Å². The summed E-state index contributed by atoms with van der Waals surface area (Å²) < 4.78 is 0. The van der Waals surface area contributed by atoms with Crippen molar-refractivity contribution in [3.8, 4) is 0 Å². The van der Waals surface area contributed by atoms with Crippen LogP contribution in [0.4, 0.5) is 5.69 Å². The number of nitrogens with zero attached hydrogens (tertiary/aromatic N) is 2. The second kappa shape index (κ2) is 2.79. The van der Waals surface area contributed by atoms with E-state index in [1.165, 1.54) is 12.3 Å². The Bertz CT molecular complexity index is 266. The van der Waals surface area contributed by atoms with Crippen molar-refractivity contribution >= 4 is 30.7 Å². The van der Waals surface area contributed by atoms with Crippen LogP contribution in [-0.2, 0) is 0 Å². The molecular weight excluding hydrogens is 150 g/mol. The molecule has 0 N–H and O–H groups in total. The maximum absolute atomic E-state index is 10.0. The van der Waals surface area contributed by atoms with Crippen LogP contribution < -0.4 is 5.59 Å². The molecule has 1 rings (SSSR count). The van der Waals surface area contributed by atoms with Gasteiger partial charge in [-0.2, -0.15) is 0 Å². The molecule has 5 heteroatoms. The Kier molecular flexibility index (Phi) is 2.01. The maximum Gasteiger partial charge on any atom is 0.167 e. The van der Waals surface area contributed by atoms with Crippen molar-refractivity contribution in [2.75, 3.05) is 0 Å². The molecule has 0 aliphatic heterocycles. The summed E-state index contributed by atoms with van der Waals surface area (Å²) in [5.74, 6) is 0. The highest BCUT2D eigenvalue weighted by Gasteiger charge is 1.98. The van der Waals surface area contributed by atoms with Crippen molar-refractivity contribution in [3.05, 3.63) is 22.2 Å². The summed E-state index contributed by atoms with van der Waals surface area (Å²) in [4.78, 5) is 13.9. The Morgan fingerprint density at radius 1 is 1.70 bits per heavy atom. The molecule has 0 unspecified atom stereocenters. The van der Waals surface area contributed by atoms with Crippen LogP contribution in [-0.4, -0.2) is 12.8 Å². The summed E-state index contributed by atoms with van der Waals surface area (Å²) >= 11 is 5.53. The highest BCUT2D eigenvalue weighted by Crippen LogP contribution is 2.12. The number of nitroso groups, excluding NO2 is 1. The van der Waals surface area contributed by atoms with Gasteiger partial charge in [-0.15, -0.1) is 4.91 Å². The third-order valence-electron chi connectivity index (χ3n) is 1.13. The van der Waals surface area contributed by atoms with E-state index in [1.54, 1.807) is 7.85 Å². The van der Waals surface area contributed by atoms with Crippen molar-refractivity contribution in [1.29, 1.82) is 0 Å². The van der Waals surface area contributed by atoms with Gasteiger partial charge in [0.15, 0.2) is 7.85 Å². The molecular formula is C5H4BClN2O. The van der Waals surface area contributed by atoms with Gasteiger partial charge in [-0.25, -0.2) is 0 Å². The van der Waals surface area contributed by atoms with E-state index >= 15 is 0 Å². The number of halogens is 1. The highest BCUT2D eigenvalue weighted by molar-refractivity contribution is 6.35. The first-order chi connectivity index (χ1) is 4.74. The van der Waals surface area contributed by atoms with Gasteiger partial charge >= 0.3 is 0 Å². The fourth-order valence-corrected chi connectivity index (χ4v) is 0.741. The van der Waals surface area contributed by atoms with Crippen LogP contribution in [0.2, 0.25) is 5.02 Å². The van der Waals surface area contributed by atoms with Gasteiger partial charge in [-0.1, -0.05) is 11.6 Å². The third-order valence-corrected chi connectivity index (χ3v) is 1.33. The van der Waals surface area contributed by atoms with Crippen LogP contribution in [0.1, 0.15) is 0 Å². The molecule has 0 saturated carbocycles. The summed E-state index contributed by atoms with van der Waals surface area (Å²) in [6, 6.07) is 1.48. The SMILES string of the molecule is Bc1ncc(Cl)cc1N=O. The fraction of sp³-hybridized carbons (Fsp3) is 0. The van der Waals surface area contributed by atoms with E-state index in [9.17, 15) is 4.91 Å². The summed E-state index contributed by atoms with van der Waals surface area (Å²) in [5, 5.41) is 3.16. The Morgan fingerprint density at radius 3 is 2.90 bits per heavy atom. The normalized spacial score (nSPS) is 9.30. The van der Waals surface area contributed by atoms with Gasteiger partial charge < -0.3 is 0 Å². The molecule has 0 amide bonds. The average Bonchev–Trinajstić information content (AvgIpc) is 1.94. The number of hydrogen-bond acceptors (Lipinski definition) is 3. The Balaban J connectivity index is 3.21. The largest absolute Gasteiger partial charge is 0.268 e. The van der Waals surface area contributed by atoms with Gasteiger partial charge in [0.25, 0.3) is 0 Å². The first-order valence-electron chi connectivity index (χ1n) is 2.69. The van der Waals surface area contributed by atoms with Crippen LogP contribution in [0.5, 0.6) is 0 Å². The molecule has 0 aliphatic carbocycles. The smallest absolute Gasteiger partial charge is 0.167 e. The minimum atomic E-state index is 0.299. The van der Waals surface area contributed by atoms with Crippen molar-refractivity contribution in [3.63, 3.8) is 0 Å². The second-order valence-corrected chi connectivity index (χ2v) is 2.29. The van der Waals surface area contributed by atoms with Gasteiger partial charge in [-0.05, 0) is 11.2 Å². The zero-order chi connectivity index (χ0) is 7.56. The van der Waals surface area contributed by atoms with Crippen LogP contribution in [0, 0.1) is 4.91 Å². The van der Waals surface area contributed by atoms with Crippen molar-refractivity contribution in [2.45, 2.75) is 0 Å². The molecule has 1 aromatic rings. The predicted octanol–water partition coefficient (Wildman–Crippen LogP) is 0.391. The summed E-state index contributed by atoms with van der Waals surface area (Å²) in [7, 11) is 1.70. The van der Waals surface area contributed by atoms with Crippen LogP contribution in [0.15, 0.2) is 17.4 Å². The number of pyridine rings is 1. The lowest BCUT2D eigenvalue weighted by atomic mass is 10.0. The first kappa shape index (κ1) is 7.21. The van der Waals surface area contributed by atoms with Gasteiger partial charge in [0.2, 0.25) is 0 Å². The zero-order valence-electron chi connectivity index (χ0n) is 5.34. The Labute approximate surface area is 63.8 Å². The molecule has 0 aliphatic rings. The van der Waals surface area contributed by atoms with Crippen molar-refractivity contribution in [1.82, 2.24) is 4.98 Å². The minimum absolute atomic E-state index is 0.299. The molecule has 0 atom stereocenters. The van der Waals surface area contributed by atoms with Crippen LogP contribution in [0.3, 0.4) is 0 Å². The molecule has 10 heavy (non-hydrogen) atoms. The molecule has 0 aromatic carbocycles. The van der Waals surface area contributed by atoms with E-state index in [-0.39, 0.29) is 0 Å². The lowest BCUT2D eigenvalue weighted by Gasteiger charge is -1.93. The lowest BCUT2D eigenvalue weighted by molar-refractivity contribution is 1.36. The monoisotopic (exact) mass is 154 g/mol. The Morgan fingerprint density at radius 2 is 2.40 bits per heavy atom. The van der Waals surface area contributed by atoms with Crippen LogP contribution in [0.25, 0.3) is 0 Å². The summed E-state index contributed by atoms with van der Waals surface area (Å²) in [6.45, 7) is 0. The van der Waals surface area contributed by atoms with Crippen LogP contribution >= 0.6 is 11.6 Å². The molecule has 0 radical (unpaired) electrons. The Hall–Kier alpha value is -0.895. The fourth-order valence-electron chi connectivity index (χ4n) is 0.589. The maximum atomic E-state index is 10.0. The number of rotatable bonds is 1. The number of hydrogen-bond donors (Lipinski definition) is 0. The standard InChI is InChI=1S/C5H4BClN2O/c6-5-4(9-10)1-3(7)2-8-5/h1-2H,6H2. The summed E-state index contributed by atoms with van der Waals surface area (Å²) in [5.41, 5.74) is 0.895. The molecule has 1 aromatic heterocycles. The van der Waals surface area contributed by atoms with Crippen molar-refractivity contribution in [2.24, 2.45) is 5.18 Å². The molecule has 3 nitrogen and oxygen atoms in total. The van der Waals surface area contributed by atoms with E-state index in [0.29, 0.717) is 16.3 Å². The molecule has 1 heterocycles. The predicted molar refractivity (Wildman–Crippen MR) is 42.9 cm³/mol. The van der Waals surface area contributed by atoms with E-state index in [0.717, 1.165) is 0 Å². The number of aromatic nitrogens is 1. The molecule has 0 saturated heterocycles. The second-order valence-electron chi connectivity index (χ2n) is 1.85.